The zero-order chi connectivity index (χ0) is 18.9. The molecule has 2 rings (SSSR count). The Morgan fingerprint density at radius 1 is 1.07 bits per heavy atom. The molecule has 0 aliphatic carbocycles. The molecule has 0 bridgehead atoms. The fourth-order valence-electron chi connectivity index (χ4n) is 2.94. The molecule has 1 fully saturated rings. The Balaban J connectivity index is 0.00000364. The molecule has 1 aliphatic rings. The van der Waals surface area contributed by atoms with Crippen molar-refractivity contribution in [2.45, 2.75) is 44.9 Å². The van der Waals surface area contributed by atoms with Gasteiger partial charge in [0.25, 0.3) is 0 Å². The van der Waals surface area contributed by atoms with Crippen LogP contribution in [0.3, 0.4) is 0 Å². The Bertz CT molecular complexity index is 624. The maximum absolute atomic E-state index is 12.4. The maximum Gasteiger partial charge on any atom is 0.310 e. The number of carbonyl (C=O) groups excluding carboxylic acids is 1. The van der Waals surface area contributed by atoms with Gasteiger partial charge in [-0.3, -0.25) is 9.59 Å². The van der Waals surface area contributed by atoms with E-state index >= 15 is 0 Å². The van der Waals surface area contributed by atoms with Crippen molar-refractivity contribution in [1.82, 2.24) is 4.90 Å². The fraction of sp³-hybridized carbons (Fsp3) is 0.476. The number of hydrogen-bond acceptors (Lipinski definition) is 3. The Hall–Kier alpha value is -1.46. The second kappa shape index (κ2) is 13.7. The third kappa shape index (κ3) is 8.70. The van der Waals surface area contributed by atoms with Crippen LogP contribution in [0.5, 0.6) is 5.75 Å². The van der Waals surface area contributed by atoms with Crippen LogP contribution < -0.4 is 4.74 Å². The normalized spacial score (nSPS) is 15.3. The summed E-state index contributed by atoms with van der Waals surface area (Å²) < 4.78 is 5.60. The molecule has 1 amide bonds. The number of hydrogen-bond donors (Lipinski definition) is 1. The van der Waals surface area contributed by atoms with E-state index in [1.165, 1.54) is 0 Å². The van der Waals surface area contributed by atoms with E-state index in [1.807, 2.05) is 0 Å². The molecular weight excluding hydrogens is 401 g/mol. The average Bonchev–Trinajstić information content (AvgIpc) is 2.72. The van der Waals surface area contributed by atoms with E-state index in [9.17, 15) is 14.7 Å². The molecule has 7 heteroatoms. The topological polar surface area (TPSA) is 66.8 Å². The largest absolute Gasteiger partial charge is 0.492 e. The van der Waals surface area contributed by atoms with Gasteiger partial charge in [-0.2, -0.15) is 0 Å². The molecule has 0 atom stereocenters. The molecule has 1 aliphatic heterocycles. The number of benzene rings is 1. The van der Waals surface area contributed by atoms with Crippen molar-refractivity contribution >= 4 is 35.1 Å². The molecule has 0 aromatic heterocycles. The lowest BCUT2D eigenvalue weighted by atomic mass is 9.98. The van der Waals surface area contributed by atoms with Crippen LogP contribution in [0.1, 0.15) is 44.9 Å². The first-order valence-electron chi connectivity index (χ1n) is 8.91. The summed E-state index contributed by atoms with van der Waals surface area (Å²) in [5.74, 6) is 0.271. The number of amides is 1. The van der Waals surface area contributed by atoms with Gasteiger partial charge < -0.3 is 14.7 Å². The van der Waals surface area contributed by atoms with E-state index in [-0.39, 0.29) is 20.8 Å². The van der Waals surface area contributed by atoms with E-state index in [0.717, 1.165) is 19.3 Å². The maximum atomic E-state index is 12.4. The van der Waals surface area contributed by atoms with E-state index in [0.29, 0.717) is 67.1 Å². The Labute approximate surface area is 179 Å². The SMILES string of the molecule is O=C(O)[C]1CCCCCN(C(=O)CCCOc2ccc(Cl)cc2Cl)CC1.[CH2].[CH2]. The van der Waals surface area contributed by atoms with Crippen LogP contribution in [0.15, 0.2) is 18.2 Å². The van der Waals surface area contributed by atoms with E-state index < -0.39 is 5.97 Å². The van der Waals surface area contributed by atoms with E-state index in [2.05, 4.69) is 0 Å². The van der Waals surface area contributed by atoms with Crippen molar-refractivity contribution in [3.8, 4) is 5.75 Å². The molecule has 5 nitrogen and oxygen atoms in total. The highest BCUT2D eigenvalue weighted by atomic mass is 35.5. The van der Waals surface area contributed by atoms with Crippen LogP contribution in [0.2, 0.25) is 10.0 Å². The molecular formula is C21H28Cl2NO4. The molecule has 1 N–H and O–H groups in total. The summed E-state index contributed by atoms with van der Waals surface area (Å²) in [7, 11) is 0. The molecule has 28 heavy (non-hydrogen) atoms. The van der Waals surface area contributed by atoms with Gasteiger partial charge in [0.05, 0.1) is 17.5 Å². The molecule has 5 radical (unpaired) electrons. The summed E-state index contributed by atoms with van der Waals surface area (Å²) in [5.41, 5.74) is 0. The van der Waals surface area contributed by atoms with Crippen LogP contribution in [-0.4, -0.2) is 41.6 Å². The lowest BCUT2D eigenvalue weighted by Gasteiger charge is -2.23. The van der Waals surface area contributed by atoms with Gasteiger partial charge in [-0.25, -0.2) is 0 Å². The molecule has 0 unspecified atom stereocenters. The van der Waals surface area contributed by atoms with Crippen molar-refractivity contribution in [2.24, 2.45) is 0 Å². The number of carboxylic acid groups (broad SMARTS) is 1. The molecule has 1 aromatic carbocycles. The Morgan fingerprint density at radius 2 is 1.82 bits per heavy atom. The average molecular weight is 429 g/mol. The second-order valence-corrected chi connectivity index (χ2v) is 7.22. The Kier molecular flexibility index (Phi) is 13.0. The Morgan fingerprint density at radius 3 is 2.50 bits per heavy atom. The summed E-state index contributed by atoms with van der Waals surface area (Å²) in [6.07, 6.45) is 4.73. The van der Waals surface area contributed by atoms with Crippen molar-refractivity contribution in [2.75, 3.05) is 19.7 Å². The molecule has 0 spiro atoms. The lowest BCUT2D eigenvalue weighted by Crippen LogP contribution is -2.34. The summed E-state index contributed by atoms with van der Waals surface area (Å²) in [6, 6.07) is 5.02. The summed E-state index contributed by atoms with van der Waals surface area (Å²) in [5, 5.41) is 10.2. The monoisotopic (exact) mass is 428 g/mol. The summed E-state index contributed by atoms with van der Waals surface area (Å²) >= 11 is 11.9. The first-order valence-corrected chi connectivity index (χ1v) is 9.66. The van der Waals surface area contributed by atoms with Crippen LogP contribution >= 0.6 is 23.2 Å². The molecule has 1 heterocycles. The highest BCUT2D eigenvalue weighted by Crippen LogP contribution is 2.27. The minimum Gasteiger partial charge on any atom is -0.492 e. The van der Waals surface area contributed by atoms with Crippen LogP contribution in [-0.2, 0) is 9.59 Å². The summed E-state index contributed by atoms with van der Waals surface area (Å²) in [6.45, 7) is 1.55. The number of carbonyl (C=O) groups is 2. The molecule has 155 valence electrons. The van der Waals surface area contributed by atoms with Crippen molar-refractivity contribution in [3.63, 3.8) is 0 Å². The third-order valence-corrected chi connectivity index (χ3v) is 4.96. The van der Waals surface area contributed by atoms with Crippen molar-refractivity contribution < 1.29 is 19.4 Å². The summed E-state index contributed by atoms with van der Waals surface area (Å²) in [4.78, 5) is 25.5. The minimum atomic E-state index is -0.840. The lowest BCUT2D eigenvalue weighted by molar-refractivity contribution is -0.136. The zero-order valence-corrected chi connectivity index (χ0v) is 17.6. The number of nitrogens with zero attached hydrogens (tertiary/aromatic N) is 1. The quantitative estimate of drug-likeness (QED) is 0.627. The molecule has 1 aromatic rings. The molecule has 1 saturated heterocycles. The molecule has 0 saturated carbocycles. The van der Waals surface area contributed by atoms with Crippen LogP contribution in [0, 0.1) is 20.8 Å². The second-order valence-electron chi connectivity index (χ2n) is 6.38. The number of rotatable bonds is 6. The minimum absolute atomic E-state index is 0. The predicted molar refractivity (Wildman–Crippen MR) is 112 cm³/mol. The van der Waals surface area contributed by atoms with Gasteiger partial charge in [0.1, 0.15) is 5.75 Å². The fourth-order valence-corrected chi connectivity index (χ4v) is 3.41. The van der Waals surface area contributed by atoms with Gasteiger partial charge in [0.2, 0.25) is 5.91 Å². The van der Waals surface area contributed by atoms with Gasteiger partial charge in [0, 0.05) is 24.5 Å². The number of carboxylic acids is 1. The van der Waals surface area contributed by atoms with Gasteiger partial charge in [0.15, 0.2) is 0 Å². The smallest absolute Gasteiger partial charge is 0.310 e. The van der Waals surface area contributed by atoms with E-state index in [1.54, 1.807) is 23.1 Å². The standard InChI is InChI=1S/C19H24Cl2NO4.2CH2/c20-15-7-8-17(16(21)13-15)26-12-4-6-18(23)22-10-3-1-2-5-14(9-11-22)19(24)25;;/h7-8,13H,1-6,9-12H2,(H,24,25);2*1H2. The van der Waals surface area contributed by atoms with Crippen molar-refractivity contribution in [3.05, 3.63) is 49.0 Å². The zero-order valence-electron chi connectivity index (χ0n) is 16.1. The van der Waals surface area contributed by atoms with Gasteiger partial charge in [-0.1, -0.05) is 50.9 Å². The highest BCUT2D eigenvalue weighted by Gasteiger charge is 2.22. The highest BCUT2D eigenvalue weighted by molar-refractivity contribution is 6.35. The van der Waals surface area contributed by atoms with Gasteiger partial charge >= 0.3 is 5.97 Å². The number of halogens is 2. The number of ether oxygens (including phenoxy) is 1. The van der Waals surface area contributed by atoms with E-state index in [4.69, 9.17) is 27.9 Å². The first kappa shape index (κ1) is 26.5. The predicted octanol–water partition coefficient (Wildman–Crippen LogP) is 5.26. The van der Waals surface area contributed by atoms with Crippen LogP contribution in [0.25, 0.3) is 0 Å². The number of aliphatic carboxylic acids is 1. The van der Waals surface area contributed by atoms with Crippen molar-refractivity contribution in [1.29, 1.82) is 0 Å². The third-order valence-electron chi connectivity index (χ3n) is 4.43. The van der Waals surface area contributed by atoms with Crippen LogP contribution in [0.4, 0.5) is 0 Å². The van der Waals surface area contributed by atoms with Gasteiger partial charge in [-0.05, 0) is 43.9 Å². The first-order chi connectivity index (χ1) is 12.5. The van der Waals surface area contributed by atoms with Gasteiger partial charge in [-0.15, -0.1) is 0 Å².